The quantitative estimate of drug-likeness (QED) is 0.100. The van der Waals surface area contributed by atoms with Crippen LogP contribution in [0.15, 0.2) is 96.9 Å². The Kier molecular flexibility index (Phi) is 9.38. The molecule has 0 atom stereocenters. The van der Waals surface area contributed by atoms with Crippen LogP contribution < -0.4 is 5.32 Å². The second-order valence-corrected chi connectivity index (χ2v) is 13.6. The van der Waals surface area contributed by atoms with Gasteiger partial charge in [0, 0.05) is 61.6 Å². The predicted octanol–water partition coefficient (Wildman–Crippen LogP) is 6.66. The molecule has 4 heterocycles. The summed E-state index contributed by atoms with van der Waals surface area (Å²) < 4.78 is 34.3. The molecule has 0 bridgehead atoms. The van der Waals surface area contributed by atoms with Crippen molar-refractivity contribution in [1.29, 1.82) is 0 Å². The van der Waals surface area contributed by atoms with Crippen molar-refractivity contribution in [2.75, 3.05) is 27.2 Å². The normalized spacial score (nSPS) is 16.5. The van der Waals surface area contributed by atoms with Gasteiger partial charge < -0.3 is 32.8 Å². The van der Waals surface area contributed by atoms with Gasteiger partial charge in [0.2, 0.25) is 5.91 Å². The summed E-state index contributed by atoms with van der Waals surface area (Å²) in [5.41, 5.74) is 9.19. The molecular formula is C40H42BF2N5O2. The molecule has 4 aromatic rings. The Bertz CT molecular complexity index is 2070. The SMILES string of the molecule is CN(C)CC/C=C1/c2ccccc2CCc2cc(C(=O)CCCNC(=O)CCc3ccc4n3[B-](F)(F)[N+]3=C(c5ccc[nH]5)C=CC3=C4)ccc21. The number of Topliss-reactive ketones (excluding diaryl/α,β-unsaturated/α-hetero) is 1. The number of rotatable bonds is 12. The highest BCUT2D eigenvalue weighted by Gasteiger charge is 2.52. The number of hydrogen-bond acceptors (Lipinski definition) is 3. The molecule has 1 aliphatic carbocycles. The molecule has 0 fully saturated rings. The maximum Gasteiger partial charge on any atom is 0.737 e. The molecule has 1 amide bonds. The Balaban J connectivity index is 0.943. The molecule has 256 valence electrons. The first kappa shape index (κ1) is 33.4. The van der Waals surface area contributed by atoms with Gasteiger partial charge in [-0.1, -0.05) is 42.5 Å². The highest BCUT2D eigenvalue weighted by atomic mass is 19.2. The number of nitrogens with zero attached hydrogens (tertiary/aromatic N) is 3. The summed E-state index contributed by atoms with van der Waals surface area (Å²) in [6.45, 7) is -2.86. The molecule has 2 aliphatic heterocycles. The van der Waals surface area contributed by atoms with Gasteiger partial charge in [0.15, 0.2) is 17.2 Å². The van der Waals surface area contributed by atoms with Crippen molar-refractivity contribution in [3.8, 4) is 0 Å². The van der Waals surface area contributed by atoms with Crippen molar-refractivity contribution < 1.29 is 22.7 Å². The van der Waals surface area contributed by atoms with Crippen molar-refractivity contribution in [3.05, 3.63) is 142 Å². The van der Waals surface area contributed by atoms with Gasteiger partial charge in [-0.3, -0.25) is 9.59 Å². The van der Waals surface area contributed by atoms with E-state index in [0.717, 1.165) is 34.8 Å². The van der Waals surface area contributed by atoms with Crippen LogP contribution in [0.4, 0.5) is 8.63 Å². The van der Waals surface area contributed by atoms with Crippen LogP contribution in [0, 0.1) is 0 Å². The van der Waals surface area contributed by atoms with E-state index >= 15 is 8.63 Å². The number of benzene rings is 2. The highest BCUT2D eigenvalue weighted by molar-refractivity contribution is 6.58. The third-order valence-electron chi connectivity index (χ3n) is 9.90. The fraction of sp³-hybridized carbons (Fsp3) is 0.275. The van der Waals surface area contributed by atoms with Crippen molar-refractivity contribution in [3.63, 3.8) is 0 Å². The van der Waals surface area contributed by atoms with E-state index in [1.54, 1.807) is 48.7 Å². The van der Waals surface area contributed by atoms with E-state index < -0.39 is 6.97 Å². The van der Waals surface area contributed by atoms with Crippen LogP contribution in [0.2, 0.25) is 0 Å². The summed E-state index contributed by atoms with van der Waals surface area (Å²) >= 11 is 0. The second kappa shape index (κ2) is 14.0. The Labute approximate surface area is 291 Å². The Morgan fingerprint density at radius 2 is 1.80 bits per heavy atom. The van der Waals surface area contributed by atoms with Gasteiger partial charge in [-0.25, -0.2) is 0 Å². The molecule has 2 aromatic heterocycles. The first-order valence-electron chi connectivity index (χ1n) is 17.5. The van der Waals surface area contributed by atoms with Gasteiger partial charge in [0.25, 0.3) is 0 Å². The van der Waals surface area contributed by atoms with E-state index in [0.29, 0.717) is 53.4 Å². The largest absolute Gasteiger partial charge is 0.737 e. The molecule has 0 saturated carbocycles. The number of carbonyl (C=O) groups is 2. The minimum Gasteiger partial charge on any atom is -0.394 e. The average molecular weight is 674 g/mol. The highest BCUT2D eigenvalue weighted by Crippen LogP contribution is 2.35. The minimum atomic E-state index is -4.16. The van der Waals surface area contributed by atoms with Crippen LogP contribution in [0.5, 0.6) is 0 Å². The van der Waals surface area contributed by atoms with E-state index in [1.165, 1.54) is 27.8 Å². The number of aromatic nitrogens is 2. The van der Waals surface area contributed by atoms with Gasteiger partial charge in [-0.2, -0.15) is 0 Å². The third-order valence-corrected chi connectivity index (χ3v) is 9.90. The number of ketones is 1. The number of halogens is 2. The molecule has 0 spiro atoms. The van der Waals surface area contributed by atoms with Crippen molar-refractivity contribution in [1.82, 2.24) is 19.7 Å². The molecule has 50 heavy (non-hydrogen) atoms. The zero-order valence-corrected chi connectivity index (χ0v) is 28.6. The number of amides is 1. The van der Waals surface area contributed by atoms with Crippen LogP contribution in [-0.4, -0.2) is 70.4 Å². The van der Waals surface area contributed by atoms with Gasteiger partial charge >= 0.3 is 6.97 Å². The maximum atomic E-state index is 16.0. The maximum absolute atomic E-state index is 16.0. The Hall–Kier alpha value is -5.09. The molecule has 3 aliphatic rings. The summed E-state index contributed by atoms with van der Waals surface area (Å²) in [5.74, 6) is -0.180. The number of aryl methyl sites for hydroxylation is 3. The van der Waals surface area contributed by atoms with Crippen molar-refractivity contribution >= 4 is 36.0 Å². The third kappa shape index (κ3) is 6.60. The number of nitrogens with one attached hydrogen (secondary N) is 2. The van der Waals surface area contributed by atoms with Crippen LogP contribution >= 0.6 is 0 Å². The van der Waals surface area contributed by atoms with E-state index in [2.05, 4.69) is 65.7 Å². The van der Waals surface area contributed by atoms with Crippen molar-refractivity contribution in [2.45, 2.75) is 44.9 Å². The summed E-state index contributed by atoms with van der Waals surface area (Å²) in [4.78, 5) is 31.2. The van der Waals surface area contributed by atoms with E-state index in [1.807, 2.05) is 12.1 Å². The predicted molar refractivity (Wildman–Crippen MR) is 196 cm³/mol. The topological polar surface area (TPSA) is 73.1 Å². The second-order valence-electron chi connectivity index (χ2n) is 13.6. The first-order chi connectivity index (χ1) is 24.2. The fourth-order valence-electron chi connectivity index (χ4n) is 7.40. The first-order valence-corrected chi connectivity index (χ1v) is 17.5. The van der Waals surface area contributed by atoms with Crippen molar-refractivity contribution in [2.24, 2.45) is 0 Å². The monoisotopic (exact) mass is 673 g/mol. The van der Waals surface area contributed by atoms with Gasteiger partial charge in [-0.05, 0) is 110 Å². The number of carbonyl (C=O) groups excluding carboxylic acids is 2. The lowest BCUT2D eigenvalue weighted by molar-refractivity contribution is -0.360. The van der Waals surface area contributed by atoms with Gasteiger partial charge in [0.1, 0.15) is 5.69 Å². The Morgan fingerprint density at radius 3 is 2.62 bits per heavy atom. The molecule has 0 saturated heterocycles. The zero-order chi connectivity index (χ0) is 34.8. The van der Waals surface area contributed by atoms with E-state index in [4.69, 9.17) is 0 Å². The lowest BCUT2D eigenvalue weighted by Crippen LogP contribution is -2.51. The molecule has 2 aromatic carbocycles. The summed E-state index contributed by atoms with van der Waals surface area (Å²) in [5, 5.41) is 2.88. The molecule has 0 radical (unpaired) electrons. The van der Waals surface area contributed by atoms with Gasteiger partial charge in [-0.15, -0.1) is 0 Å². The molecule has 0 unspecified atom stereocenters. The number of H-pyrrole nitrogens is 1. The fourth-order valence-corrected chi connectivity index (χ4v) is 7.40. The Morgan fingerprint density at radius 1 is 0.980 bits per heavy atom. The molecule has 10 heteroatoms. The number of fused-ring (bicyclic) bond motifs is 4. The molecule has 7 nitrogen and oxygen atoms in total. The zero-order valence-electron chi connectivity index (χ0n) is 28.6. The van der Waals surface area contributed by atoms with Crippen LogP contribution in [0.3, 0.4) is 0 Å². The van der Waals surface area contributed by atoms with E-state index in [9.17, 15) is 9.59 Å². The van der Waals surface area contributed by atoms with Crippen LogP contribution in [0.1, 0.15) is 75.4 Å². The summed E-state index contributed by atoms with van der Waals surface area (Å²) in [6, 6.07) is 21.5. The van der Waals surface area contributed by atoms with E-state index in [-0.39, 0.29) is 24.5 Å². The molecule has 2 N–H and O–H groups in total. The summed E-state index contributed by atoms with van der Waals surface area (Å²) in [6.07, 6.45) is 13.0. The number of allylic oxidation sites excluding steroid dienone is 2. The molecule has 7 rings (SSSR count). The lowest BCUT2D eigenvalue weighted by Gasteiger charge is -2.30. The van der Waals surface area contributed by atoms with Gasteiger partial charge in [0.05, 0.1) is 0 Å². The number of aromatic amines is 1. The minimum absolute atomic E-state index is 0.0468. The number of hydrogen-bond donors (Lipinski definition) is 2. The smallest absolute Gasteiger partial charge is 0.394 e. The lowest BCUT2D eigenvalue weighted by atomic mass is 9.90. The van der Waals surface area contributed by atoms with Crippen LogP contribution in [-0.2, 0) is 24.1 Å². The molecular weight excluding hydrogens is 631 g/mol. The average Bonchev–Trinajstić information content (AvgIpc) is 3.86. The standard InChI is InChI=1S/C40H42BF2N5O2/c1-46(2)25-7-10-36-34-9-4-3-8-28(34)13-14-29-26-30(15-20-35(29)36)39(49)12-6-24-45-40(50)22-19-31-16-17-32-27-33-18-21-38(37-11-5-23-44-37)48(33)41(42,43)47(31)32/h3-5,8-11,15-18,20-21,23,26-27,44H,6-7,12-14,19,22,24-25H2,1-2H3,(H,45,50)/b36-10-. The summed E-state index contributed by atoms with van der Waals surface area (Å²) in [7, 11) is 4.16. The van der Waals surface area contributed by atoms with Crippen LogP contribution in [0.25, 0.3) is 11.6 Å².